The van der Waals surface area contributed by atoms with Gasteiger partial charge in [-0.15, -0.1) is 0 Å². The van der Waals surface area contributed by atoms with Crippen LogP contribution in [0.2, 0.25) is 0 Å². The van der Waals surface area contributed by atoms with Crippen molar-refractivity contribution in [2.24, 2.45) is 0 Å². The summed E-state index contributed by atoms with van der Waals surface area (Å²) in [6.07, 6.45) is -13.4. The van der Waals surface area contributed by atoms with E-state index in [1.807, 2.05) is 0 Å². The van der Waals surface area contributed by atoms with E-state index in [0.717, 1.165) is 48.5 Å². The van der Waals surface area contributed by atoms with Crippen molar-refractivity contribution in [3.63, 3.8) is 0 Å². The number of benzene rings is 4. The summed E-state index contributed by atoms with van der Waals surface area (Å²) in [6.45, 7) is 6.59. The molecule has 1 aliphatic heterocycles. The third-order valence-corrected chi connectivity index (χ3v) is 10.1. The summed E-state index contributed by atoms with van der Waals surface area (Å²) < 4.78 is 161. The first-order valence-electron chi connectivity index (χ1n) is 17.3. The Hall–Kier alpha value is -3.94. The predicted molar refractivity (Wildman–Crippen MR) is 184 cm³/mol. The standard InChI is InChI=1S/C28H16BF12.C11H24N/c30-25(31,32)17-1-9-21(10-2-17)29(22-11-3-18(4-12-22)26(33,34)35,23-13-5-19(6-14-23)27(36,37)38)24-15-7-20(8-16-24)28(39,40)41;1-3-4-5-6-9-12(2)10-7-8-11-12/h1-16H;3-11H2,1-2H3/q-1;+1. The van der Waals surface area contributed by atoms with Gasteiger partial charge in [0, 0.05) is 12.8 Å². The molecule has 0 spiro atoms. The zero-order valence-electron chi connectivity index (χ0n) is 29.2. The zero-order chi connectivity index (χ0) is 39.3. The molecule has 4 aromatic carbocycles. The summed E-state index contributed by atoms with van der Waals surface area (Å²) in [6, 6.07) is 13.6. The molecule has 14 heteroatoms. The molecule has 0 saturated carbocycles. The van der Waals surface area contributed by atoms with Crippen LogP contribution in [0.15, 0.2) is 97.1 Å². The number of likely N-dealkylation sites (tertiary alicyclic amines) is 1. The first-order valence-corrected chi connectivity index (χ1v) is 17.3. The van der Waals surface area contributed by atoms with Crippen LogP contribution in [-0.2, 0) is 24.7 Å². The summed E-state index contributed by atoms with van der Waals surface area (Å²) in [7, 11) is 2.43. The fourth-order valence-corrected chi connectivity index (χ4v) is 7.24. The van der Waals surface area contributed by atoms with Crippen molar-refractivity contribution in [2.45, 2.75) is 70.2 Å². The molecule has 4 aromatic rings. The van der Waals surface area contributed by atoms with Gasteiger partial charge < -0.3 is 4.48 Å². The fraction of sp³-hybridized carbons (Fsp3) is 0.385. The van der Waals surface area contributed by atoms with E-state index in [1.54, 1.807) is 0 Å². The Labute approximate surface area is 301 Å². The van der Waals surface area contributed by atoms with Crippen molar-refractivity contribution in [1.29, 1.82) is 0 Å². The maximum absolute atomic E-state index is 13.3. The third-order valence-electron chi connectivity index (χ3n) is 10.1. The van der Waals surface area contributed by atoms with Crippen molar-refractivity contribution in [3.8, 4) is 0 Å². The molecular formula is C39H40BF12N. The van der Waals surface area contributed by atoms with Crippen LogP contribution in [0.4, 0.5) is 52.7 Å². The number of nitrogens with zero attached hydrogens (tertiary/aromatic N) is 1. The van der Waals surface area contributed by atoms with Gasteiger partial charge in [0.2, 0.25) is 0 Å². The Balaban J connectivity index is 0.000000443. The average molecular weight is 762 g/mol. The molecule has 288 valence electrons. The molecule has 0 radical (unpaired) electrons. The van der Waals surface area contributed by atoms with Gasteiger partial charge in [-0.1, -0.05) is 117 Å². The Bertz CT molecular complexity index is 1500. The van der Waals surface area contributed by atoms with Gasteiger partial charge in [-0.3, -0.25) is 0 Å². The molecule has 5 rings (SSSR count). The van der Waals surface area contributed by atoms with Crippen LogP contribution < -0.4 is 21.9 Å². The zero-order valence-corrected chi connectivity index (χ0v) is 29.2. The molecule has 53 heavy (non-hydrogen) atoms. The fourth-order valence-electron chi connectivity index (χ4n) is 7.24. The first kappa shape index (κ1) is 41.8. The van der Waals surface area contributed by atoms with E-state index in [0.29, 0.717) is 48.5 Å². The van der Waals surface area contributed by atoms with E-state index in [-0.39, 0.29) is 21.9 Å². The molecule has 1 aliphatic rings. The molecule has 0 aromatic heterocycles. The number of alkyl halides is 12. The van der Waals surface area contributed by atoms with Gasteiger partial charge in [0.25, 0.3) is 0 Å². The van der Waals surface area contributed by atoms with Gasteiger partial charge in [0.05, 0.1) is 48.9 Å². The van der Waals surface area contributed by atoms with Crippen molar-refractivity contribution < 1.29 is 57.2 Å². The molecule has 1 nitrogen and oxygen atoms in total. The maximum Gasteiger partial charge on any atom is 0.416 e. The molecular weight excluding hydrogens is 721 g/mol. The van der Waals surface area contributed by atoms with Crippen LogP contribution in [0.3, 0.4) is 0 Å². The van der Waals surface area contributed by atoms with E-state index < -0.39 is 53.1 Å². The highest BCUT2D eigenvalue weighted by atomic mass is 19.4. The Morgan fingerprint density at radius 1 is 0.434 bits per heavy atom. The smallest absolute Gasteiger partial charge is 0.326 e. The van der Waals surface area contributed by atoms with E-state index in [1.165, 1.54) is 62.6 Å². The van der Waals surface area contributed by atoms with Gasteiger partial charge in [0.15, 0.2) is 0 Å². The lowest BCUT2D eigenvalue weighted by Gasteiger charge is -2.44. The van der Waals surface area contributed by atoms with E-state index in [4.69, 9.17) is 0 Å². The van der Waals surface area contributed by atoms with Crippen LogP contribution in [0, 0.1) is 0 Å². The normalized spacial score (nSPS) is 15.2. The molecule has 1 heterocycles. The molecule has 0 bridgehead atoms. The first-order chi connectivity index (χ1) is 24.6. The van der Waals surface area contributed by atoms with Crippen molar-refractivity contribution in [3.05, 3.63) is 119 Å². The molecule has 0 amide bonds. The third kappa shape index (κ3) is 10.2. The van der Waals surface area contributed by atoms with Gasteiger partial charge in [-0.2, -0.15) is 74.5 Å². The number of hydrogen-bond donors (Lipinski definition) is 0. The van der Waals surface area contributed by atoms with Crippen molar-refractivity contribution in [1.82, 2.24) is 0 Å². The van der Waals surface area contributed by atoms with Gasteiger partial charge in [0.1, 0.15) is 6.15 Å². The second-order valence-corrected chi connectivity index (χ2v) is 13.9. The summed E-state index contributed by atoms with van der Waals surface area (Å²) in [5.41, 5.74) is -4.29. The largest absolute Gasteiger partial charge is 0.416 e. The Morgan fingerprint density at radius 3 is 0.925 bits per heavy atom. The SMILES string of the molecule is CCCCCC[N+]1(C)CCCC1.FC(F)(F)c1ccc([B-](c2ccc(C(F)(F)F)cc2)(c2ccc(C(F)(F)F)cc2)c2ccc(C(F)(F)F)cc2)cc1. The summed E-state index contributed by atoms with van der Waals surface area (Å²) in [4.78, 5) is 0. The van der Waals surface area contributed by atoms with E-state index in [2.05, 4.69) is 14.0 Å². The highest BCUT2D eigenvalue weighted by Crippen LogP contribution is 2.32. The minimum Gasteiger partial charge on any atom is -0.326 e. The van der Waals surface area contributed by atoms with Gasteiger partial charge >= 0.3 is 24.7 Å². The monoisotopic (exact) mass is 761 g/mol. The van der Waals surface area contributed by atoms with Crippen LogP contribution in [0.25, 0.3) is 0 Å². The Kier molecular flexibility index (Phi) is 12.8. The van der Waals surface area contributed by atoms with Crippen molar-refractivity contribution >= 4 is 28.0 Å². The van der Waals surface area contributed by atoms with Crippen LogP contribution in [-0.4, -0.2) is 37.3 Å². The topological polar surface area (TPSA) is 0 Å². The maximum atomic E-state index is 13.3. The van der Waals surface area contributed by atoms with Crippen molar-refractivity contribution in [2.75, 3.05) is 26.7 Å². The minimum absolute atomic E-state index is 0.0114. The van der Waals surface area contributed by atoms with E-state index >= 15 is 0 Å². The summed E-state index contributed by atoms with van der Waals surface area (Å²) >= 11 is 0. The number of rotatable bonds is 9. The number of hydrogen-bond acceptors (Lipinski definition) is 0. The van der Waals surface area contributed by atoms with Crippen LogP contribution >= 0.6 is 0 Å². The lowest BCUT2D eigenvalue weighted by molar-refractivity contribution is -0.897. The van der Waals surface area contributed by atoms with Crippen LogP contribution in [0.1, 0.15) is 67.7 Å². The molecule has 0 unspecified atom stereocenters. The predicted octanol–water partition coefficient (Wildman–Crippen LogP) is 9.95. The number of unbranched alkanes of at least 4 members (excludes halogenated alkanes) is 3. The molecule has 0 N–H and O–H groups in total. The molecule has 0 aliphatic carbocycles. The summed E-state index contributed by atoms with van der Waals surface area (Å²) in [5.74, 6) is 0. The number of quaternary nitrogens is 1. The minimum atomic E-state index is -4.77. The highest BCUT2D eigenvalue weighted by Gasteiger charge is 2.38. The highest BCUT2D eigenvalue weighted by molar-refractivity contribution is 7.19. The lowest BCUT2D eigenvalue weighted by Crippen LogP contribution is -2.74. The summed E-state index contributed by atoms with van der Waals surface area (Å²) in [5, 5.41) is 0. The number of halogens is 12. The second kappa shape index (κ2) is 16.2. The van der Waals surface area contributed by atoms with Gasteiger partial charge in [-0.25, -0.2) is 0 Å². The molecule has 1 saturated heterocycles. The average Bonchev–Trinajstić information content (AvgIpc) is 3.53. The lowest BCUT2D eigenvalue weighted by atomic mass is 9.13. The molecule has 1 fully saturated rings. The molecule has 0 atom stereocenters. The van der Waals surface area contributed by atoms with E-state index in [9.17, 15) is 52.7 Å². The second-order valence-electron chi connectivity index (χ2n) is 13.9. The Morgan fingerprint density at radius 2 is 0.698 bits per heavy atom. The quantitative estimate of drug-likeness (QED) is 0.0690. The van der Waals surface area contributed by atoms with Crippen LogP contribution in [0.5, 0.6) is 0 Å². The van der Waals surface area contributed by atoms with Gasteiger partial charge in [-0.05, 0) is 12.8 Å².